The van der Waals surface area contributed by atoms with Crippen LogP contribution in [0.15, 0.2) is 79.4 Å². The highest BCUT2D eigenvalue weighted by Gasteiger charge is 2.06. The summed E-state index contributed by atoms with van der Waals surface area (Å²) in [5.74, 6) is 0. The van der Waals surface area contributed by atoms with Crippen LogP contribution in [0.3, 0.4) is 0 Å². The third-order valence-electron chi connectivity index (χ3n) is 4.78. The van der Waals surface area contributed by atoms with Gasteiger partial charge in [-0.05, 0) is 97.6 Å². The lowest BCUT2D eigenvalue weighted by molar-refractivity contribution is 1.63. The summed E-state index contributed by atoms with van der Waals surface area (Å²) < 4.78 is 1.27. The van der Waals surface area contributed by atoms with Gasteiger partial charge in [-0.25, -0.2) is 0 Å². The van der Waals surface area contributed by atoms with Crippen LogP contribution in [0.4, 0.5) is 0 Å². The first kappa shape index (κ1) is 17.0. The molecule has 4 aromatic rings. The van der Waals surface area contributed by atoms with Crippen molar-refractivity contribution in [3.05, 3.63) is 94.1 Å². The summed E-state index contributed by atoms with van der Waals surface area (Å²) in [6.45, 7) is 6.00. The van der Waals surface area contributed by atoms with Crippen molar-refractivity contribution in [1.82, 2.24) is 0 Å². The molecule has 0 amide bonds. The third kappa shape index (κ3) is 3.08. The number of halogens is 1. The molecular formula is C25H19I. The van der Waals surface area contributed by atoms with Crippen molar-refractivity contribution in [2.45, 2.75) is 6.92 Å². The van der Waals surface area contributed by atoms with Gasteiger partial charge in [0.15, 0.2) is 0 Å². The number of benzene rings is 4. The average molecular weight is 446 g/mol. The van der Waals surface area contributed by atoms with Crippen molar-refractivity contribution in [2.24, 2.45) is 0 Å². The summed E-state index contributed by atoms with van der Waals surface area (Å²) in [6.07, 6.45) is 6.17. The van der Waals surface area contributed by atoms with Gasteiger partial charge in [-0.15, -0.1) is 0 Å². The smallest absolute Gasteiger partial charge is 0.0136 e. The number of fused-ring (bicyclic) bond motifs is 2. The van der Waals surface area contributed by atoms with E-state index in [4.69, 9.17) is 0 Å². The molecule has 0 aliphatic carbocycles. The fourth-order valence-corrected chi connectivity index (χ4v) is 3.99. The standard InChI is InChI=1S/C25H19I/c1-3-5-24-17(4-2)6-9-22-15-20(11-13-25(22)24)18-7-8-21-16-23(26)12-10-19(21)14-18/h3-16H,2H2,1H3/b5-3-. The lowest BCUT2D eigenvalue weighted by Gasteiger charge is -2.10. The third-order valence-corrected chi connectivity index (χ3v) is 5.46. The minimum Gasteiger partial charge on any atom is -0.0984 e. The monoisotopic (exact) mass is 446 g/mol. The molecule has 126 valence electrons. The number of allylic oxidation sites excluding steroid dienone is 1. The van der Waals surface area contributed by atoms with E-state index in [1.807, 2.05) is 6.08 Å². The molecular weight excluding hydrogens is 427 g/mol. The summed E-state index contributed by atoms with van der Waals surface area (Å²) in [5.41, 5.74) is 4.90. The highest BCUT2D eigenvalue weighted by Crippen LogP contribution is 2.31. The molecule has 4 aromatic carbocycles. The van der Waals surface area contributed by atoms with E-state index in [0.29, 0.717) is 0 Å². The molecule has 0 aliphatic heterocycles. The zero-order valence-corrected chi connectivity index (χ0v) is 16.8. The summed E-state index contributed by atoms with van der Waals surface area (Å²) in [4.78, 5) is 0. The van der Waals surface area contributed by atoms with Crippen LogP contribution in [0.1, 0.15) is 18.1 Å². The Labute approximate surface area is 168 Å². The second kappa shape index (κ2) is 7.08. The molecule has 26 heavy (non-hydrogen) atoms. The van der Waals surface area contributed by atoms with Gasteiger partial charge in [0.05, 0.1) is 0 Å². The van der Waals surface area contributed by atoms with E-state index in [0.717, 1.165) is 0 Å². The number of hydrogen-bond donors (Lipinski definition) is 0. The second-order valence-electron chi connectivity index (χ2n) is 6.41. The topological polar surface area (TPSA) is 0 Å². The predicted octanol–water partition coefficient (Wildman–Crippen LogP) is 7.94. The van der Waals surface area contributed by atoms with Gasteiger partial charge in [0.1, 0.15) is 0 Å². The fourth-order valence-electron chi connectivity index (χ4n) is 3.48. The zero-order valence-electron chi connectivity index (χ0n) is 14.7. The molecule has 0 bridgehead atoms. The van der Waals surface area contributed by atoms with Crippen LogP contribution in [0, 0.1) is 3.57 Å². The number of rotatable bonds is 3. The van der Waals surface area contributed by atoms with Crippen LogP contribution < -0.4 is 0 Å². The highest BCUT2D eigenvalue weighted by molar-refractivity contribution is 14.1. The van der Waals surface area contributed by atoms with Gasteiger partial charge in [0.25, 0.3) is 0 Å². The van der Waals surface area contributed by atoms with Gasteiger partial charge in [0.2, 0.25) is 0 Å². The van der Waals surface area contributed by atoms with E-state index < -0.39 is 0 Å². The van der Waals surface area contributed by atoms with Gasteiger partial charge in [-0.3, -0.25) is 0 Å². The minimum atomic E-state index is 1.17. The molecule has 0 saturated carbocycles. The van der Waals surface area contributed by atoms with E-state index in [1.54, 1.807) is 0 Å². The van der Waals surface area contributed by atoms with E-state index in [2.05, 4.69) is 115 Å². The van der Waals surface area contributed by atoms with E-state index in [9.17, 15) is 0 Å². The normalized spacial score (nSPS) is 11.5. The Morgan fingerprint density at radius 2 is 1.42 bits per heavy atom. The maximum absolute atomic E-state index is 3.95. The molecule has 0 aliphatic rings. The molecule has 0 atom stereocenters. The maximum Gasteiger partial charge on any atom is 0.0136 e. The molecule has 0 radical (unpaired) electrons. The largest absolute Gasteiger partial charge is 0.0984 e. The van der Waals surface area contributed by atoms with Crippen LogP contribution in [-0.4, -0.2) is 0 Å². The van der Waals surface area contributed by atoms with Crippen molar-refractivity contribution in [1.29, 1.82) is 0 Å². The number of hydrogen-bond acceptors (Lipinski definition) is 0. The molecule has 0 nitrogen and oxygen atoms in total. The molecule has 0 saturated heterocycles. The van der Waals surface area contributed by atoms with Gasteiger partial charge in [0, 0.05) is 3.57 Å². The minimum absolute atomic E-state index is 1.17. The SMILES string of the molecule is C=Cc1ccc2cc(-c3ccc4cc(I)ccc4c3)ccc2c1/C=C\C. The van der Waals surface area contributed by atoms with Crippen LogP contribution >= 0.6 is 22.6 Å². The Morgan fingerprint density at radius 3 is 2.19 bits per heavy atom. The quantitative estimate of drug-likeness (QED) is 0.280. The van der Waals surface area contributed by atoms with E-state index in [1.165, 1.54) is 47.4 Å². The first-order valence-corrected chi connectivity index (χ1v) is 9.79. The highest BCUT2D eigenvalue weighted by atomic mass is 127. The fraction of sp³-hybridized carbons (Fsp3) is 0.0400. The summed E-state index contributed by atoms with van der Waals surface area (Å²) in [6, 6.07) is 24.3. The molecule has 4 rings (SSSR count). The Morgan fingerprint density at radius 1 is 0.769 bits per heavy atom. The second-order valence-corrected chi connectivity index (χ2v) is 7.66. The van der Waals surface area contributed by atoms with Gasteiger partial charge >= 0.3 is 0 Å². The lowest BCUT2D eigenvalue weighted by Crippen LogP contribution is -1.86. The van der Waals surface area contributed by atoms with E-state index >= 15 is 0 Å². The van der Waals surface area contributed by atoms with Crippen molar-refractivity contribution >= 4 is 56.3 Å². The van der Waals surface area contributed by atoms with Crippen molar-refractivity contribution in [3.8, 4) is 11.1 Å². The van der Waals surface area contributed by atoms with Crippen LogP contribution in [0.2, 0.25) is 0 Å². The van der Waals surface area contributed by atoms with Crippen molar-refractivity contribution < 1.29 is 0 Å². The van der Waals surface area contributed by atoms with Crippen LogP contribution in [-0.2, 0) is 0 Å². The molecule has 0 spiro atoms. The Balaban J connectivity index is 1.87. The molecule has 0 unspecified atom stereocenters. The Hall–Kier alpha value is -2.39. The first-order valence-electron chi connectivity index (χ1n) is 8.71. The van der Waals surface area contributed by atoms with E-state index in [-0.39, 0.29) is 0 Å². The molecule has 1 heteroatoms. The molecule has 0 aromatic heterocycles. The van der Waals surface area contributed by atoms with Gasteiger partial charge in [-0.1, -0.05) is 67.3 Å². The predicted molar refractivity (Wildman–Crippen MR) is 124 cm³/mol. The maximum atomic E-state index is 3.95. The van der Waals surface area contributed by atoms with Crippen molar-refractivity contribution in [3.63, 3.8) is 0 Å². The molecule has 0 heterocycles. The lowest BCUT2D eigenvalue weighted by atomic mass is 9.94. The Bertz CT molecular complexity index is 1170. The summed E-state index contributed by atoms with van der Waals surface area (Å²) >= 11 is 2.36. The zero-order chi connectivity index (χ0) is 18.1. The molecule has 0 N–H and O–H groups in total. The van der Waals surface area contributed by atoms with Crippen molar-refractivity contribution in [2.75, 3.05) is 0 Å². The molecule has 0 fully saturated rings. The first-order chi connectivity index (χ1) is 12.7. The Kier molecular flexibility index (Phi) is 4.64. The summed E-state index contributed by atoms with van der Waals surface area (Å²) in [7, 11) is 0. The summed E-state index contributed by atoms with van der Waals surface area (Å²) in [5, 5.41) is 5.08. The van der Waals surface area contributed by atoms with Gasteiger partial charge in [-0.2, -0.15) is 0 Å². The average Bonchev–Trinajstić information content (AvgIpc) is 2.67. The van der Waals surface area contributed by atoms with Gasteiger partial charge < -0.3 is 0 Å². The van der Waals surface area contributed by atoms with Crippen LogP contribution in [0.25, 0.3) is 44.8 Å². The van der Waals surface area contributed by atoms with Crippen LogP contribution in [0.5, 0.6) is 0 Å².